The maximum Gasteiger partial charge on any atom is 0.263 e. The van der Waals surface area contributed by atoms with Gasteiger partial charge >= 0.3 is 0 Å². The lowest BCUT2D eigenvalue weighted by atomic mass is 10.3. The van der Waals surface area contributed by atoms with E-state index in [1.807, 2.05) is 38.1 Å². The van der Waals surface area contributed by atoms with Gasteiger partial charge in [-0.3, -0.25) is 4.79 Å². The van der Waals surface area contributed by atoms with Crippen LogP contribution in [-0.4, -0.2) is 31.2 Å². The first-order valence-corrected chi connectivity index (χ1v) is 7.41. The second-order valence-electron chi connectivity index (χ2n) is 4.43. The smallest absolute Gasteiger partial charge is 0.263 e. The molecule has 0 unspecified atom stereocenters. The summed E-state index contributed by atoms with van der Waals surface area (Å²) in [6.07, 6.45) is 0. The third-order valence-corrected chi connectivity index (χ3v) is 3.90. The van der Waals surface area contributed by atoms with Crippen LogP contribution in [0.15, 0.2) is 24.3 Å². The van der Waals surface area contributed by atoms with Crippen molar-refractivity contribution in [2.24, 2.45) is 0 Å². The molecule has 0 aliphatic rings. The van der Waals surface area contributed by atoms with Crippen molar-refractivity contribution in [2.75, 3.05) is 20.3 Å². The van der Waals surface area contributed by atoms with Crippen LogP contribution < -0.4 is 14.8 Å². The van der Waals surface area contributed by atoms with Crippen LogP contribution in [0.25, 0.3) is 0 Å². The van der Waals surface area contributed by atoms with E-state index in [2.05, 4.69) is 10.3 Å². The van der Waals surface area contributed by atoms with Crippen molar-refractivity contribution < 1.29 is 14.3 Å². The van der Waals surface area contributed by atoms with Crippen molar-refractivity contribution in [3.8, 4) is 11.5 Å². The summed E-state index contributed by atoms with van der Waals surface area (Å²) >= 11 is 1.40. The van der Waals surface area contributed by atoms with Crippen LogP contribution in [-0.2, 0) is 0 Å². The van der Waals surface area contributed by atoms with E-state index in [1.54, 1.807) is 7.11 Å². The maximum atomic E-state index is 12.0. The molecular weight excluding hydrogens is 288 g/mol. The van der Waals surface area contributed by atoms with Gasteiger partial charge in [-0.25, -0.2) is 4.98 Å². The van der Waals surface area contributed by atoms with Gasteiger partial charge in [0.05, 0.1) is 24.4 Å². The maximum absolute atomic E-state index is 12.0. The van der Waals surface area contributed by atoms with Gasteiger partial charge in [0.1, 0.15) is 23.0 Å². The molecule has 2 rings (SSSR count). The van der Waals surface area contributed by atoms with Crippen LogP contribution in [0.5, 0.6) is 11.5 Å². The summed E-state index contributed by atoms with van der Waals surface area (Å²) in [7, 11) is 1.62. The Balaban J connectivity index is 1.76. The molecule has 0 atom stereocenters. The zero-order chi connectivity index (χ0) is 15.2. The van der Waals surface area contributed by atoms with Crippen LogP contribution in [0.2, 0.25) is 0 Å². The molecule has 0 saturated heterocycles. The van der Waals surface area contributed by atoms with Gasteiger partial charge in [0.15, 0.2) is 0 Å². The third-order valence-electron chi connectivity index (χ3n) is 2.83. The molecule has 1 aromatic carbocycles. The number of nitrogens with zero attached hydrogens (tertiary/aromatic N) is 1. The number of nitrogens with one attached hydrogen (secondary N) is 1. The fourth-order valence-corrected chi connectivity index (χ4v) is 2.66. The summed E-state index contributed by atoms with van der Waals surface area (Å²) in [5.74, 6) is 1.43. The average molecular weight is 306 g/mol. The number of ether oxygens (including phenoxy) is 2. The Hall–Kier alpha value is -2.08. The first kappa shape index (κ1) is 15.3. The van der Waals surface area contributed by atoms with E-state index >= 15 is 0 Å². The monoisotopic (exact) mass is 306 g/mol. The minimum atomic E-state index is -0.101. The van der Waals surface area contributed by atoms with E-state index in [9.17, 15) is 4.79 Å². The Bertz CT molecular complexity index is 608. The molecule has 0 bridgehead atoms. The van der Waals surface area contributed by atoms with Crippen LogP contribution in [0, 0.1) is 13.8 Å². The number of carbonyl (C=O) groups excluding carboxylic acids is 1. The van der Waals surface area contributed by atoms with E-state index in [0.717, 1.165) is 22.2 Å². The quantitative estimate of drug-likeness (QED) is 0.833. The Labute approximate surface area is 127 Å². The molecule has 0 aliphatic carbocycles. The highest BCUT2D eigenvalue weighted by Crippen LogP contribution is 2.17. The first-order chi connectivity index (χ1) is 10.1. The van der Waals surface area contributed by atoms with Gasteiger partial charge < -0.3 is 14.8 Å². The second-order valence-corrected chi connectivity index (χ2v) is 5.63. The topological polar surface area (TPSA) is 60.5 Å². The molecule has 1 N–H and O–H groups in total. The standard InChI is InChI=1S/C15H18N2O3S/c1-10-14(21-11(2)17-10)15(18)16-8-9-20-13-6-4-12(19-3)5-7-13/h4-7H,8-9H2,1-3H3,(H,16,18). The van der Waals surface area contributed by atoms with E-state index in [4.69, 9.17) is 9.47 Å². The fraction of sp³-hybridized carbons (Fsp3) is 0.333. The fourth-order valence-electron chi connectivity index (χ4n) is 1.83. The lowest BCUT2D eigenvalue weighted by Crippen LogP contribution is -2.27. The van der Waals surface area contributed by atoms with Crippen LogP contribution in [0.4, 0.5) is 0 Å². The molecule has 112 valence electrons. The third kappa shape index (κ3) is 4.19. The second kappa shape index (κ2) is 7.08. The van der Waals surface area contributed by atoms with Crippen molar-refractivity contribution in [2.45, 2.75) is 13.8 Å². The summed E-state index contributed by atoms with van der Waals surface area (Å²) in [4.78, 5) is 16.9. The van der Waals surface area contributed by atoms with Crippen LogP contribution in [0.1, 0.15) is 20.4 Å². The van der Waals surface area contributed by atoms with Crippen LogP contribution >= 0.6 is 11.3 Å². The van der Waals surface area contributed by atoms with Crippen molar-refractivity contribution in [3.63, 3.8) is 0 Å². The Morgan fingerprint density at radius 1 is 1.24 bits per heavy atom. The molecule has 2 aromatic rings. The molecule has 0 spiro atoms. The molecule has 1 amide bonds. The van der Waals surface area contributed by atoms with Gasteiger partial charge in [-0.15, -0.1) is 11.3 Å². The van der Waals surface area contributed by atoms with Gasteiger partial charge in [-0.05, 0) is 38.1 Å². The van der Waals surface area contributed by atoms with Gasteiger partial charge in [-0.2, -0.15) is 0 Å². The van der Waals surface area contributed by atoms with Crippen molar-refractivity contribution in [3.05, 3.63) is 39.8 Å². The summed E-state index contributed by atoms with van der Waals surface area (Å²) < 4.78 is 10.6. The number of hydrogen-bond donors (Lipinski definition) is 1. The normalized spacial score (nSPS) is 10.2. The van der Waals surface area contributed by atoms with Crippen molar-refractivity contribution in [1.82, 2.24) is 10.3 Å². The number of rotatable bonds is 6. The average Bonchev–Trinajstić information content (AvgIpc) is 2.83. The molecule has 0 radical (unpaired) electrons. The molecule has 5 nitrogen and oxygen atoms in total. The summed E-state index contributed by atoms with van der Waals surface area (Å²) in [6.45, 7) is 4.59. The van der Waals surface area contributed by atoms with E-state index in [-0.39, 0.29) is 5.91 Å². The summed E-state index contributed by atoms with van der Waals surface area (Å²) in [6, 6.07) is 7.32. The molecule has 0 aliphatic heterocycles. The number of aryl methyl sites for hydroxylation is 2. The van der Waals surface area contributed by atoms with Gasteiger partial charge in [0.25, 0.3) is 5.91 Å². The van der Waals surface area contributed by atoms with Gasteiger partial charge in [0.2, 0.25) is 0 Å². The highest BCUT2D eigenvalue weighted by Gasteiger charge is 2.12. The highest BCUT2D eigenvalue weighted by atomic mass is 32.1. The Morgan fingerprint density at radius 2 is 1.90 bits per heavy atom. The van der Waals surface area contributed by atoms with Crippen LogP contribution in [0.3, 0.4) is 0 Å². The predicted octanol–water partition coefficient (Wildman–Crippen LogP) is 2.58. The van der Waals surface area contributed by atoms with Gasteiger partial charge in [-0.1, -0.05) is 0 Å². The molecule has 0 fully saturated rings. The largest absolute Gasteiger partial charge is 0.497 e. The van der Waals surface area contributed by atoms with Crippen molar-refractivity contribution in [1.29, 1.82) is 0 Å². The summed E-state index contributed by atoms with van der Waals surface area (Å²) in [5.41, 5.74) is 0.770. The lowest BCUT2D eigenvalue weighted by Gasteiger charge is -2.08. The number of hydrogen-bond acceptors (Lipinski definition) is 5. The van der Waals surface area contributed by atoms with E-state index in [1.165, 1.54) is 11.3 Å². The zero-order valence-electron chi connectivity index (χ0n) is 12.3. The Morgan fingerprint density at radius 3 is 2.48 bits per heavy atom. The lowest BCUT2D eigenvalue weighted by molar-refractivity contribution is 0.0950. The van der Waals surface area contributed by atoms with E-state index < -0.39 is 0 Å². The predicted molar refractivity (Wildman–Crippen MR) is 82.4 cm³/mol. The van der Waals surface area contributed by atoms with Crippen molar-refractivity contribution >= 4 is 17.2 Å². The number of amides is 1. The molecule has 0 saturated carbocycles. The minimum absolute atomic E-state index is 0.101. The number of thiazole rings is 1. The summed E-state index contributed by atoms with van der Waals surface area (Å²) in [5, 5.41) is 3.72. The van der Waals surface area contributed by atoms with E-state index in [0.29, 0.717) is 18.0 Å². The Kier molecular flexibility index (Phi) is 5.16. The number of methoxy groups -OCH3 is 1. The zero-order valence-corrected chi connectivity index (χ0v) is 13.1. The molecule has 6 heteroatoms. The molecule has 21 heavy (non-hydrogen) atoms. The number of benzene rings is 1. The number of carbonyl (C=O) groups is 1. The van der Waals surface area contributed by atoms with Gasteiger partial charge in [0, 0.05) is 0 Å². The SMILES string of the molecule is COc1ccc(OCCNC(=O)c2sc(C)nc2C)cc1. The molecule has 1 heterocycles. The number of aromatic nitrogens is 1. The minimum Gasteiger partial charge on any atom is -0.497 e. The molecular formula is C15H18N2O3S. The highest BCUT2D eigenvalue weighted by molar-refractivity contribution is 7.13. The first-order valence-electron chi connectivity index (χ1n) is 6.59. The molecule has 1 aromatic heterocycles.